The number of rotatable bonds is 6. The molecule has 0 bridgehead atoms. The first-order chi connectivity index (χ1) is 16.2. The molecule has 3 N–H and O–H groups in total. The van der Waals surface area contributed by atoms with Crippen LogP contribution in [0.1, 0.15) is 53.3 Å². The number of fused-ring (bicyclic) bond motifs is 2. The van der Waals surface area contributed by atoms with Crippen LogP contribution in [0.15, 0.2) is 54.6 Å². The van der Waals surface area contributed by atoms with Crippen molar-refractivity contribution in [3.05, 3.63) is 88.0 Å². The quantitative estimate of drug-likeness (QED) is 0.422. The van der Waals surface area contributed by atoms with Crippen molar-refractivity contribution in [1.82, 2.24) is 0 Å². The van der Waals surface area contributed by atoms with E-state index in [0.29, 0.717) is 17.7 Å². The van der Waals surface area contributed by atoms with Gasteiger partial charge in [0.2, 0.25) is 0 Å². The largest absolute Gasteiger partial charge is 0.496 e. The van der Waals surface area contributed by atoms with Gasteiger partial charge < -0.3 is 25.1 Å². The van der Waals surface area contributed by atoms with Crippen molar-refractivity contribution in [1.29, 1.82) is 0 Å². The summed E-state index contributed by atoms with van der Waals surface area (Å²) in [6.07, 6.45) is -1.00. The first-order valence-electron chi connectivity index (χ1n) is 11.3. The molecule has 6 nitrogen and oxygen atoms in total. The molecule has 1 aliphatic carbocycles. The smallest absolute Gasteiger partial charge is 0.342 e. The van der Waals surface area contributed by atoms with Gasteiger partial charge in [0.05, 0.1) is 20.3 Å². The van der Waals surface area contributed by atoms with Gasteiger partial charge in [-0.1, -0.05) is 56.3 Å². The highest BCUT2D eigenvalue weighted by Gasteiger charge is 2.39. The number of methoxy groups -OCH3 is 2. The predicted octanol–water partition coefficient (Wildman–Crippen LogP) is 4.21. The molecule has 4 rings (SSSR count). The molecule has 3 aromatic rings. The summed E-state index contributed by atoms with van der Waals surface area (Å²) >= 11 is 0. The normalized spacial score (nSPS) is 15.5. The SMILES string of the molecule is COc1ccc(OC)c2c1Cc1c(ccc(C)c1OC(=O)C(O)C(N)c1ccccc1)C2(C)C. The maximum absolute atomic E-state index is 13.0. The molecule has 0 amide bonds. The maximum Gasteiger partial charge on any atom is 0.342 e. The molecule has 0 saturated heterocycles. The lowest BCUT2D eigenvalue weighted by molar-refractivity contribution is -0.145. The number of aliphatic hydroxyl groups excluding tert-OH is 1. The Labute approximate surface area is 200 Å². The van der Waals surface area contributed by atoms with E-state index in [2.05, 4.69) is 19.9 Å². The van der Waals surface area contributed by atoms with E-state index >= 15 is 0 Å². The van der Waals surface area contributed by atoms with E-state index in [0.717, 1.165) is 39.3 Å². The second kappa shape index (κ2) is 9.12. The Hall–Kier alpha value is -3.35. The lowest BCUT2D eigenvalue weighted by Gasteiger charge is -2.38. The van der Waals surface area contributed by atoms with Crippen molar-refractivity contribution in [2.75, 3.05) is 14.2 Å². The second-order valence-electron chi connectivity index (χ2n) is 9.17. The molecule has 0 saturated carbocycles. The summed E-state index contributed by atoms with van der Waals surface area (Å²) in [7, 11) is 3.30. The zero-order valence-electron chi connectivity index (χ0n) is 20.2. The van der Waals surface area contributed by atoms with Crippen LogP contribution in [0.2, 0.25) is 0 Å². The van der Waals surface area contributed by atoms with Crippen LogP contribution in [0.4, 0.5) is 0 Å². The topological polar surface area (TPSA) is 91.0 Å². The third kappa shape index (κ3) is 3.93. The predicted molar refractivity (Wildman–Crippen MR) is 131 cm³/mol. The first-order valence-corrected chi connectivity index (χ1v) is 11.3. The van der Waals surface area contributed by atoms with Crippen molar-refractivity contribution in [3.63, 3.8) is 0 Å². The Bertz CT molecular complexity index is 1220. The molecular weight excluding hydrogens is 430 g/mol. The minimum atomic E-state index is -1.50. The Balaban J connectivity index is 1.75. The van der Waals surface area contributed by atoms with Crippen molar-refractivity contribution < 1.29 is 24.1 Å². The average molecular weight is 462 g/mol. The van der Waals surface area contributed by atoms with E-state index < -0.39 is 23.5 Å². The molecule has 178 valence electrons. The highest BCUT2D eigenvalue weighted by atomic mass is 16.5. The molecule has 0 aromatic heterocycles. The Morgan fingerprint density at radius 3 is 2.26 bits per heavy atom. The molecule has 6 heteroatoms. The van der Waals surface area contributed by atoms with Crippen molar-refractivity contribution in [2.24, 2.45) is 5.73 Å². The second-order valence-corrected chi connectivity index (χ2v) is 9.17. The fraction of sp³-hybridized carbons (Fsp3) is 0.321. The molecular formula is C28H31NO5. The summed E-state index contributed by atoms with van der Waals surface area (Å²) in [5.74, 6) is 1.20. The number of carbonyl (C=O) groups excluding carboxylic acids is 1. The van der Waals surface area contributed by atoms with Crippen LogP contribution in [-0.4, -0.2) is 31.4 Å². The lowest BCUT2D eigenvalue weighted by atomic mass is 9.68. The van der Waals surface area contributed by atoms with Gasteiger partial charge in [0.15, 0.2) is 6.10 Å². The fourth-order valence-electron chi connectivity index (χ4n) is 4.95. The maximum atomic E-state index is 13.0. The van der Waals surface area contributed by atoms with Gasteiger partial charge in [-0.2, -0.15) is 0 Å². The van der Waals surface area contributed by atoms with Gasteiger partial charge in [-0.3, -0.25) is 0 Å². The van der Waals surface area contributed by atoms with Gasteiger partial charge in [0.1, 0.15) is 17.2 Å². The average Bonchev–Trinajstić information content (AvgIpc) is 2.84. The third-order valence-corrected chi connectivity index (χ3v) is 6.75. The van der Waals surface area contributed by atoms with Crippen LogP contribution >= 0.6 is 0 Å². The molecule has 0 radical (unpaired) electrons. The van der Waals surface area contributed by atoms with E-state index in [1.807, 2.05) is 43.3 Å². The van der Waals surface area contributed by atoms with Gasteiger partial charge in [-0.15, -0.1) is 0 Å². The molecule has 1 aliphatic rings. The first kappa shape index (κ1) is 23.8. The van der Waals surface area contributed by atoms with Crippen LogP contribution in [-0.2, 0) is 16.6 Å². The van der Waals surface area contributed by atoms with Crippen molar-refractivity contribution in [2.45, 2.75) is 44.8 Å². The number of hydrogen-bond donors (Lipinski definition) is 2. The summed E-state index contributed by atoms with van der Waals surface area (Å²) in [5, 5.41) is 10.7. The van der Waals surface area contributed by atoms with E-state index in [4.69, 9.17) is 19.9 Å². The van der Waals surface area contributed by atoms with Crippen molar-refractivity contribution in [3.8, 4) is 17.2 Å². The van der Waals surface area contributed by atoms with Crippen molar-refractivity contribution >= 4 is 5.97 Å². The van der Waals surface area contributed by atoms with Gasteiger partial charge in [-0.25, -0.2) is 4.79 Å². The molecule has 2 atom stereocenters. The van der Waals surface area contributed by atoms with Crippen LogP contribution in [0.5, 0.6) is 17.2 Å². The van der Waals surface area contributed by atoms with E-state index in [1.54, 1.807) is 26.4 Å². The molecule has 0 fully saturated rings. The molecule has 0 aliphatic heterocycles. The van der Waals surface area contributed by atoms with Gasteiger partial charge in [-0.05, 0) is 35.7 Å². The standard InChI is InChI=1S/C28H31NO5/c1-16-11-12-20-18(15-19-21(32-4)13-14-22(33-5)23(19)28(20,2)3)26(16)34-27(31)25(30)24(29)17-9-7-6-8-10-17/h6-14,24-25,30H,15,29H2,1-5H3. The minimum absolute atomic E-state index is 0.434. The molecule has 34 heavy (non-hydrogen) atoms. The number of aryl methyl sites for hydroxylation is 1. The summed E-state index contributed by atoms with van der Waals surface area (Å²) in [5.41, 5.74) is 11.1. The summed E-state index contributed by atoms with van der Waals surface area (Å²) in [4.78, 5) is 13.0. The lowest BCUT2D eigenvalue weighted by Crippen LogP contribution is -2.37. The zero-order valence-corrected chi connectivity index (χ0v) is 20.2. The van der Waals surface area contributed by atoms with Gasteiger partial charge >= 0.3 is 5.97 Å². The Kier molecular flexibility index (Phi) is 6.39. The van der Waals surface area contributed by atoms with Gasteiger partial charge in [0.25, 0.3) is 0 Å². The summed E-state index contributed by atoms with van der Waals surface area (Å²) in [6.45, 7) is 6.12. The number of hydrogen-bond acceptors (Lipinski definition) is 6. The van der Waals surface area contributed by atoms with Crippen LogP contribution < -0.4 is 19.9 Å². The number of benzene rings is 3. The van der Waals surface area contributed by atoms with Crippen LogP contribution in [0.3, 0.4) is 0 Å². The van der Waals surface area contributed by atoms with Crippen LogP contribution in [0.25, 0.3) is 0 Å². The number of esters is 1. The highest BCUT2D eigenvalue weighted by Crippen LogP contribution is 2.50. The zero-order chi connectivity index (χ0) is 24.6. The molecule has 0 spiro atoms. The molecule has 0 heterocycles. The third-order valence-electron chi connectivity index (χ3n) is 6.75. The van der Waals surface area contributed by atoms with E-state index in [9.17, 15) is 9.90 Å². The Morgan fingerprint density at radius 2 is 1.62 bits per heavy atom. The van der Waals surface area contributed by atoms with E-state index in [-0.39, 0.29) is 0 Å². The monoisotopic (exact) mass is 461 g/mol. The van der Waals surface area contributed by atoms with E-state index in [1.165, 1.54) is 0 Å². The number of aliphatic hydroxyl groups is 1. The fourth-order valence-corrected chi connectivity index (χ4v) is 4.95. The number of carbonyl (C=O) groups is 1. The summed E-state index contributed by atoms with van der Waals surface area (Å²) < 4.78 is 17.2. The molecule has 2 unspecified atom stereocenters. The van der Waals surface area contributed by atoms with Crippen LogP contribution in [0, 0.1) is 6.92 Å². The van der Waals surface area contributed by atoms with Gasteiger partial charge in [0, 0.05) is 28.5 Å². The number of nitrogens with two attached hydrogens (primary N) is 1. The summed E-state index contributed by atoms with van der Waals surface area (Å²) in [6, 6.07) is 15.9. The minimum Gasteiger partial charge on any atom is -0.496 e. The molecule has 3 aromatic carbocycles. The number of ether oxygens (including phenoxy) is 3. The highest BCUT2D eigenvalue weighted by molar-refractivity contribution is 5.79. The Morgan fingerprint density at radius 1 is 0.971 bits per heavy atom.